The molecule has 0 aliphatic carbocycles. The van der Waals surface area contributed by atoms with E-state index in [0.717, 1.165) is 12.0 Å². The van der Waals surface area contributed by atoms with Crippen molar-refractivity contribution >= 4 is 29.7 Å². The Labute approximate surface area is 314 Å². The molecule has 5 N–H and O–H groups in total. The lowest BCUT2D eigenvalue weighted by Gasteiger charge is -2.38. The van der Waals surface area contributed by atoms with Gasteiger partial charge in [0.05, 0.1) is 38.4 Å². The highest BCUT2D eigenvalue weighted by Crippen LogP contribution is 2.29. The molecule has 3 rings (SSSR count). The van der Waals surface area contributed by atoms with Crippen molar-refractivity contribution in [2.24, 2.45) is 5.41 Å². The molecule has 1 saturated heterocycles. The second-order valence-corrected chi connectivity index (χ2v) is 13.9. The highest BCUT2D eigenvalue weighted by atomic mass is 16.7. The summed E-state index contributed by atoms with van der Waals surface area (Å²) in [6, 6.07) is 5.07. The number of ether oxygens (including phenoxy) is 6. The smallest absolute Gasteiger partial charge is 0.335 e. The van der Waals surface area contributed by atoms with Gasteiger partial charge in [-0.05, 0) is 64.2 Å². The lowest BCUT2D eigenvalue weighted by molar-refractivity contribution is -0.271. The fraction of sp³-hybridized carbons (Fsp3) is 0.649. The minimum Gasteiger partial charge on any atom is -0.479 e. The standard InChI is InChI=1S/C37H54N2O15/c1-37(2,3)36(48)52-23-25-22-24(10-11-26(25)53-35-32(45)30(43)31(44)33(54-35)34(46)47)8-7-16-49-18-20-51-21-19-50-17-14-38-27(40)9-5-4-6-15-39-28(41)12-13-29(39)42/h10-13,22,30-33,35,43-45H,4-9,14-21,23H2,1-3H3,(H,38,40)(H,46,47)/t30-,31-,32+,33-,35+/m0/s1. The molecule has 1 fully saturated rings. The number of amides is 3. The number of esters is 1. The quantitative estimate of drug-likeness (QED) is 0.0551. The second kappa shape index (κ2) is 22.4. The molecule has 302 valence electrons. The molecule has 0 radical (unpaired) electrons. The molecule has 0 bridgehead atoms. The molecule has 3 amide bonds. The number of nitrogens with one attached hydrogen (secondary N) is 1. The Kier molecular flexibility index (Phi) is 18.4. The summed E-state index contributed by atoms with van der Waals surface area (Å²) in [5.74, 6) is -2.54. The van der Waals surface area contributed by atoms with Crippen molar-refractivity contribution in [3.8, 4) is 5.75 Å². The van der Waals surface area contributed by atoms with Crippen LogP contribution >= 0.6 is 0 Å². The van der Waals surface area contributed by atoms with Gasteiger partial charge >= 0.3 is 11.9 Å². The van der Waals surface area contributed by atoms with Crippen LogP contribution < -0.4 is 10.1 Å². The third kappa shape index (κ3) is 14.7. The van der Waals surface area contributed by atoms with Crippen molar-refractivity contribution in [2.45, 2.75) is 96.6 Å². The van der Waals surface area contributed by atoms with Gasteiger partial charge in [-0.25, -0.2) is 4.79 Å². The first-order valence-corrected chi connectivity index (χ1v) is 18.1. The number of carbonyl (C=O) groups is 5. The van der Waals surface area contributed by atoms with Crippen molar-refractivity contribution in [3.63, 3.8) is 0 Å². The number of aliphatic hydroxyl groups is 3. The summed E-state index contributed by atoms with van der Waals surface area (Å²) < 4.78 is 33.1. The predicted octanol–water partition coefficient (Wildman–Crippen LogP) is 0.631. The van der Waals surface area contributed by atoms with Gasteiger partial charge in [0.2, 0.25) is 12.2 Å². The van der Waals surface area contributed by atoms with E-state index in [9.17, 15) is 44.4 Å². The van der Waals surface area contributed by atoms with Crippen LogP contribution in [0.2, 0.25) is 0 Å². The lowest BCUT2D eigenvalue weighted by atomic mass is 9.97. The molecule has 5 atom stereocenters. The highest BCUT2D eigenvalue weighted by molar-refractivity contribution is 6.12. The summed E-state index contributed by atoms with van der Waals surface area (Å²) in [5, 5.41) is 42.7. The van der Waals surface area contributed by atoms with Crippen LogP contribution in [0.4, 0.5) is 0 Å². The number of carboxylic acid groups (broad SMARTS) is 1. The molecule has 17 nitrogen and oxygen atoms in total. The summed E-state index contributed by atoms with van der Waals surface area (Å²) in [6.45, 7) is 7.94. The molecule has 0 aromatic heterocycles. The van der Waals surface area contributed by atoms with Crippen molar-refractivity contribution < 1.29 is 72.8 Å². The SMILES string of the molecule is CC(C)(C)C(=O)OCc1cc(CCCOCCOCCOCCNC(=O)CCCCCN2C(=O)C=CC2=O)ccc1O[C@@H]1O[C@H](C(=O)O)[C@@H](O)[C@H](O)[C@H]1O. The minimum absolute atomic E-state index is 0.0819. The fourth-order valence-electron chi connectivity index (χ4n) is 5.31. The van der Waals surface area contributed by atoms with Gasteiger partial charge in [0.25, 0.3) is 11.8 Å². The summed E-state index contributed by atoms with van der Waals surface area (Å²) in [7, 11) is 0. The molecule has 2 aliphatic heterocycles. The number of nitrogens with zero attached hydrogens (tertiary/aromatic N) is 1. The number of hydrogen-bond donors (Lipinski definition) is 5. The number of rotatable bonds is 24. The molecule has 2 heterocycles. The zero-order valence-electron chi connectivity index (χ0n) is 31.1. The summed E-state index contributed by atoms with van der Waals surface area (Å²) in [6.07, 6.45) is -2.73. The van der Waals surface area contributed by atoms with Gasteiger partial charge in [-0.3, -0.25) is 24.1 Å². The second-order valence-electron chi connectivity index (χ2n) is 13.9. The van der Waals surface area contributed by atoms with Gasteiger partial charge in [-0.1, -0.05) is 12.5 Å². The maximum Gasteiger partial charge on any atom is 0.335 e. The first-order chi connectivity index (χ1) is 25.7. The summed E-state index contributed by atoms with van der Waals surface area (Å²) >= 11 is 0. The Morgan fingerprint density at radius 2 is 1.48 bits per heavy atom. The molecule has 17 heteroatoms. The van der Waals surface area contributed by atoms with Crippen LogP contribution in [0, 0.1) is 5.41 Å². The van der Waals surface area contributed by atoms with Gasteiger partial charge < -0.3 is 54.2 Å². The van der Waals surface area contributed by atoms with Gasteiger partial charge in [0.1, 0.15) is 30.7 Å². The number of imide groups is 1. The molecule has 0 unspecified atom stereocenters. The Morgan fingerprint density at radius 1 is 0.833 bits per heavy atom. The maximum absolute atomic E-state index is 12.5. The molecule has 0 spiro atoms. The van der Waals surface area contributed by atoms with E-state index in [4.69, 9.17) is 28.4 Å². The number of unbranched alkanes of at least 4 members (excludes halogenated alkanes) is 2. The van der Waals surface area contributed by atoms with E-state index in [1.165, 1.54) is 17.1 Å². The van der Waals surface area contributed by atoms with E-state index in [2.05, 4.69) is 5.32 Å². The Hall–Kier alpha value is -3.97. The molecule has 1 aromatic carbocycles. The van der Waals surface area contributed by atoms with E-state index in [1.807, 2.05) is 0 Å². The predicted molar refractivity (Wildman–Crippen MR) is 189 cm³/mol. The van der Waals surface area contributed by atoms with E-state index in [-0.39, 0.29) is 30.1 Å². The monoisotopic (exact) mass is 766 g/mol. The lowest BCUT2D eigenvalue weighted by Crippen LogP contribution is -2.61. The average Bonchev–Trinajstić information content (AvgIpc) is 3.44. The van der Waals surface area contributed by atoms with Crippen LogP contribution in [0.5, 0.6) is 5.75 Å². The third-order valence-electron chi connectivity index (χ3n) is 8.40. The number of hydrogen-bond acceptors (Lipinski definition) is 14. The number of carboxylic acids is 1. The molecular weight excluding hydrogens is 712 g/mol. The van der Waals surface area contributed by atoms with Crippen LogP contribution in [-0.2, 0) is 60.7 Å². The summed E-state index contributed by atoms with van der Waals surface area (Å²) in [4.78, 5) is 60.2. The van der Waals surface area contributed by atoms with Crippen LogP contribution in [-0.4, -0.2) is 138 Å². The number of aliphatic hydroxyl groups excluding tert-OH is 3. The van der Waals surface area contributed by atoms with Gasteiger partial charge in [0, 0.05) is 43.8 Å². The van der Waals surface area contributed by atoms with Crippen LogP contribution in [0.3, 0.4) is 0 Å². The van der Waals surface area contributed by atoms with Crippen molar-refractivity contribution in [3.05, 3.63) is 41.5 Å². The Balaban J connectivity index is 1.28. The topological polar surface area (TPSA) is 237 Å². The van der Waals surface area contributed by atoms with Crippen molar-refractivity contribution in [1.82, 2.24) is 10.2 Å². The molecule has 1 aromatic rings. The first-order valence-electron chi connectivity index (χ1n) is 18.1. The third-order valence-corrected chi connectivity index (χ3v) is 8.40. The fourth-order valence-corrected chi connectivity index (χ4v) is 5.31. The van der Waals surface area contributed by atoms with Crippen molar-refractivity contribution in [2.75, 3.05) is 52.7 Å². The number of aliphatic carboxylic acids is 1. The maximum atomic E-state index is 12.5. The summed E-state index contributed by atoms with van der Waals surface area (Å²) in [5.41, 5.74) is 0.517. The average molecular weight is 767 g/mol. The minimum atomic E-state index is -1.86. The molecular formula is C37H54N2O15. The molecule has 54 heavy (non-hydrogen) atoms. The number of carbonyl (C=O) groups excluding carboxylic acids is 4. The highest BCUT2D eigenvalue weighted by Gasteiger charge is 2.48. The van der Waals surface area contributed by atoms with Crippen molar-refractivity contribution in [1.29, 1.82) is 0 Å². The zero-order valence-corrected chi connectivity index (χ0v) is 31.1. The van der Waals surface area contributed by atoms with E-state index in [1.54, 1.807) is 39.0 Å². The van der Waals surface area contributed by atoms with Crippen LogP contribution in [0.15, 0.2) is 30.4 Å². The van der Waals surface area contributed by atoms with Gasteiger partial charge in [0.15, 0.2) is 6.10 Å². The van der Waals surface area contributed by atoms with Crippen LogP contribution in [0.1, 0.15) is 64.0 Å². The zero-order chi connectivity index (χ0) is 39.7. The normalized spacial score (nSPS) is 21.4. The van der Waals surface area contributed by atoms with Gasteiger partial charge in [-0.2, -0.15) is 0 Å². The number of benzene rings is 1. The van der Waals surface area contributed by atoms with E-state index < -0.39 is 48.1 Å². The molecule has 2 aliphatic rings. The van der Waals surface area contributed by atoms with Crippen LogP contribution in [0.25, 0.3) is 0 Å². The largest absolute Gasteiger partial charge is 0.479 e. The Bertz CT molecular complexity index is 1410. The first kappa shape index (κ1) is 44.4. The van der Waals surface area contributed by atoms with Gasteiger partial charge in [-0.15, -0.1) is 0 Å². The van der Waals surface area contributed by atoms with E-state index >= 15 is 0 Å². The number of aryl methyl sites for hydroxylation is 1. The Morgan fingerprint density at radius 3 is 2.13 bits per heavy atom. The van der Waals surface area contributed by atoms with E-state index in [0.29, 0.717) is 90.4 Å². The molecule has 0 saturated carbocycles.